The van der Waals surface area contributed by atoms with Gasteiger partial charge in [-0.3, -0.25) is 19.7 Å². The van der Waals surface area contributed by atoms with Crippen LogP contribution in [-0.2, 0) is 4.79 Å². The number of ether oxygens (including phenoxy) is 3. The molecule has 4 aromatic carbocycles. The molecule has 1 aromatic heterocycles. The number of benzene rings is 4. The second kappa shape index (κ2) is 14.8. The highest BCUT2D eigenvalue weighted by atomic mass is 19.1. The zero-order valence-electron chi connectivity index (χ0n) is 27.5. The van der Waals surface area contributed by atoms with Crippen LogP contribution in [-0.4, -0.2) is 47.0 Å². The van der Waals surface area contributed by atoms with Crippen LogP contribution in [0.25, 0.3) is 22.3 Å². The fourth-order valence-corrected chi connectivity index (χ4v) is 5.22. The highest BCUT2D eigenvalue weighted by molar-refractivity contribution is 5.92. The van der Waals surface area contributed by atoms with Crippen molar-refractivity contribution < 1.29 is 28.3 Å². The monoisotopic (exact) mass is 667 g/mol. The molecule has 49 heavy (non-hydrogen) atoms. The summed E-state index contributed by atoms with van der Waals surface area (Å²) in [6.07, 6.45) is 1.29. The first-order chi connectivity index (χ1) is 23.5. The van der Waals surface area contributed by atoms with Crippen molar-refractivity contribution in [2.45, 2.75) is 33.6 Å². The van der Waals surface area contributed by atoms with Crippen LogP contribution < -0.4 is 25.1 Å². The van der Waals surface area contributed by atoms with E-state index in [1.807, 2.05) is 32.9 Å². The Hall–Kier alpha value is -6.11. The predicted molar refractivity (Wildman–Crippen MR) is 185 cm³/mol. The van der Waals surface area contributed by atoms with E-state index in [0.717, 1.165) is 21.9 Å². The number of carbonyl (C=O) groups excluding carboxylic acids is 1. The van der Waals surface area contributed by atoms with E-state index < -0.39 is 34.5 Å². The number of nitrogens with zero attached hydrogens (tertiary/aromatic N) is 4. The Morgan fingerprint density at radius 1 is 1.08 bits per heavy atom. The Morgan fingerprint density at radius 3 is 2.55 bits per heavy atom. The van der Waals surface area contributed by atoms with Crippen LogP contribution in [0.1, 0.15) is 43.4 Å². The topological polar surface area (TPSA) is 147 Å². The van der Waals surface area contributed by atoms with Gasteiger partial charge in [0.1, 0.15) is 11.6 Å². The number of fused-ring (bicyclic) bond motifs is 1. The minimum atomic E-state index is -0.678. The van der Waals surface area contributed by atoms with E-state index >= 15 is 0 Å². The number of nitrogens with one attached hydrogen (secondary N) is 1. The van der Waals surface area contributed by atoms with Gasteiger partial charge < -0.3 is 19.5 Å². The molecular formula is C36H34FN5O7. The highest BCUT2D eigenvalue weighted by Gasteiger charge is 2.24. The van der Waals surface area contributed by atoms with Crippen LogP contribution in [0.3, 0.4) is 0 Å². The summed E-state index contributed by atoms with van der Waals surface area (Å²) in [6.45, 7) is 7.13. The largest absolute Gasteiger partial charge is 0.496 e. The number of rotatable bonds is 12. The minimum absolute atomic E-state index is 0.0199. The molecule has 1 N–H and O–H groups in total. The van der Waals surface area contributed by atoms with E-state index in [0.29, 0.717) is 22.2 Å². The summed E-state index contributed by atoms with van der Waals surface area (Å²) >= 11 is 0. The number of nitro benzene ring substituents is 1. The van der Waals surface area contributed by atoms with Gasteiger partial charge in [0.05, 0.1) is 35.8 Å². The van der Waals surface area contributed by atoms with Gasteiger partial charge >= 0.3 is 5.69 Å². The summed E-state index contributed by atoms with van der Waals surface area (Å²) in [5, 5.41) is 19.5. The maximum Gasteiger partial charge on any atom is 0.315 e. The lowest BCUT2D eigenvalue weighted by atomic mass is 9.96. The fourth-order valence-electron chi connectivity index (χ4n) is 5.22. The summed E-state index contributed by atoms with van der Waals surface area (Å²) in [7, 11) is 1.60. The van der Waals surface area contributed by atoms with Crippen molar-refractivity contribution in [3.05, 3.63) is 116 Å². The lowest BCUT2D eigenvalue weighted by Gasteiger charge is -2.17. The molecule has 0 saturated heterocycles. The van der Waals surface area contributed by atoms with Crippen molar-refractivity contribution in [2.24, 2.45) is 5.10 Å². The third-order valence-corrected chi connectivity index (χ3v) is 7.53. The van der Waals surface area contributed by atoms with Crippen molar-refractivity contribution >= 4 is 34.4 Å². The Labute approximate surface area is 280 Å². The number of hydrogen-bond acceptors (Lipinski definition) is 9. The number of nitro groups is 1. The van der Waals surface area contributed by atoms with E-state index in [2.05, 4.69) is 10.4 Å². The standard InChI is InChI=1S/C36H34FN5O7/c1-6-48-32-16-23(15-30(42(45)46)34(32)49-20-33(43)39-25-11-9-10-24(37)17-25)19-38-41-35(40-29-13-8-7-12-26(29)36(41)44)28-18-27(21(2)3)31(47-5)14-22(28)4/h7-19,21H,6,20H2,1-5H3,(H,39,43). The second-order valence-corrected chi connectivity index (χ2v) is 11.3. The predicted octanol–water partition coefficient (Wildman–Crippen LogP) is 6.85. The first-order valence-electron chi connectivity index (χ1n) is 15.4. The molecule has 0 spiro atoms. The van der Waals surface area contributed by atoms with Gasteiger partial charge in [-0.15, -0.1) is 0 Å². The molecule has 12 nitrogen and oxygen atoms in total. The number of aryl methyl sites for hydroxylation is 1. The van der Waals surface area contributed by atoms with Crippen LogP contribution in [0.2, 0.25) is 0 Å². The summed E-state index contributed by atoms with van der Waals surface area (Å²) in [6, 6.07) is 18.6. The Kier molecular flexibility index (Phi) is 10.3. The molecule has 0 radical (unpaired) electrons. The number of anilines is 1. The number of para-hydroxylation sites is 1. The number of halogens is 1. The average Bonchev–Trinajstić information content (AvgIpc) is 3.07. The molecule has 13 heteroatoms. The molecule has 0 unspecified atom stereocenters. The van der Waals surface area contributed by atoms with Gasteiger partial charge in [-0.25, -0.2) is 9.37 Å². The van der Waals surface area contributed by atoms with Crippen LogP contribution in [0, 0.1) is 22.9 Å². The maximum absolute atomic E-state index is 13.9. The van der Waals surface area contributed by atoms with Gasteiger partial charge in [-0.1, -0.05) is 32.0 Å². The molecule has 5 rings (SSSR count). The summed E-state index contributed by atoms with van der Waals surface area (Å²) < 4.78 is 31.6. The van der Waals surface area contributed by atoms with E-state index in [9.17, 15) is 24.1 Å². The Bertz CT molecular complexity index is 2150. The first kappa shape index (κ1) is 34.2. The first-order valence-corrected chi connectivity index (χ1v) is 15.4. The molecule has 1 amide bonds. The van der Waals surface area contributed by atoms with Crippen molar-refractivity contribution in [1.82, 2.24) is 9.66 Å². The van der Waals surface area contributed by atoms with Crippen molar-refractivity contribution in [2.75, 3.05) is 25.6 Å². The van der Waals surface area contributed by atoms with E-state index in [4.69, 9.17) is 19.2 Å². The summed E-state index contributed by atoms with van der Waals surface area (Å²) in [5.74, 6) is -0.433. The van der Waals surface area contributed by atoms with Gasteiger partial charge in [0.2, 0.25) is 5.75 Å². The van der Waals surface area contributed by atoms with Crippen molar-refractivity contribution in [3.8, 4) is 28.6 Å². The summed E-state index contributed by atoms with van der Waals surface area (Å²) in [5.41, 5.74) is 2.32. The van der Waals surface area contributed by atoms with Crippen molar-refractivity contribution in [1.29, 1.82) is 0 Å². The van der Waals surface area contributed by atoms with Crippen LogP contribution >= 0.6 is 0 Å². The summed E-state index contributed by atoms with van der Waals surface area (Å²) in [4.78, 5) is 42.7. The Morgan fingerprint density at radius 2 is 1.86 bits per heavy atom. The number of aromatic nitrogens is 2. The maximum atomic E-state index is 13.9. The molecule has 0 aliphatic heterocycles. The van der Waals surface area contributed by atoms with Crippen LogP contribution in [0.4, 0.5) is 15.8 Å². The van der Waals surface area contributed by atoms with E-state index in [1.165, 1.54) is 36.5 Å². The average molecular weight is 668 g/mol. The molecule has 0 fully saturated rings. The van der Waals surface area contributed by atoms with Gasteiger partial charge in [0, 0.05) is 22.9 Å². The molecule has 1 heterocycles. The quantitative estimate of drug-likeness (QED) is 0.0863. The molecule has 0 aliphatic carbocycles. The normalized spacial score (nSPS) is 11.2. The van der Waals surface area contributed by atoms with E-state index in [1.54, 1.807) is 38.3 Å². The van der Waals surface area contributed by atoms with Crippen molar-refractivity contribution in [3.63, 3.8) is 0 Å². The van der Waals surface area contributed by atoms with Crippen LogP contribution in [0.15, 0.2) is 82.7 Å². The molecule has 5 aromatic rings. The number of amides is 1. The number of carbonyl (C=O) groups is 1. The Balaban J connectivity index is 1.57. The van der Waals surface area contributed by atoms with Gasteiger partial charge in [0.25, 0.3) is 11.5 Å². The number of methoxy groups -OCH3 is 1. The van der Waals surface area contributed by atoms with Gasteiger partial charge in [0.15, 0.2) is 18.2 Å². The molecule has 0 saturated carbocycles. The zero-order chi connectivity index (χ0) is 35.2. The molecule has 0 bridgehead atoms. The molecule has 0 atom stereocenters. The SMILES string of the molecule is CCOc1cc(C=Nn2c(-c3cc(C(C)C)c(OC)cc3C)nc3ccccc3c2=O)cc([N+](=O)[O-])c1OCC(=O)Nc1cccc(F)c1. The third kappa shape index (κ3) is 7.56. The second-order valence-electron chi connectivity index (χ2n) is 11.3. The van der Waals surface area contributed by atoms with Crippen LogP contribution in [0.5, 0.6) is 17.2 Å². The lowest BCUT2D eigenvalue weighted by molar-refractivity contribution is -0.385. The van der Waals surface area contributed by atoms with E-state index in [-0.39, 0.29) is 41.1 Å². The molecular weight excluding hydrogens is 633 g/mol. The zero-order valence-corrected chi connectivity index (χ0v) is 27.5. The minimum Gasteiger partial charge on any atom is -0.496 e. The highest BCUT2D eigenvalue weighted by Crippen LogP contribution is 2.39. The van der Waals surface area contributed by atoms with Gasteiger partial charge in [-0.05, 0) is 79.4 Å². The lowest BCUT2D eigenvalue weighted by Crippen LogP contribution is -2.21. The fraction of sp³-hybridized carbons (Fsp3) is 0.222. The smallest absolute Gasteiger partial charge is 0.315 e. The van der Waals surface area contributed by atoms with Gasteiger partial charge in [-0.2, -0.15) is 9.78 Å². The number of hydrogen-bond donors (Lipinski definition) is 1. The third-order valence-electron chi connectivity index (χ3n) is 7.53. The molecule has 0 aliphatic rings. The molecule has 252 valence electrons.